The minimum atomic E-state index is -1.03. The zero-order chi connectivity index (χ0) is 13.4. The average Bonchev–Trinajstić information content (AvgIpc) is 2.81. The zero-order valence-corrected chi connectivity index (χ0v) is 10.1. The SMILES string of the molecule is CCCN(CC(=O)O)C(=O)NCCc1ncon1. The quantitative estimate of drug-likeness (QED) is 0.717. The molecule has 0 unspecified atom stereocenters. The molecule has 0 aliphatic heterocycles. The lowest BCUT2D eigenvalue weighted by Gasteiger charge is -2.20. The van der Waals surface area contributed by atoms with Gasteiger partial charge in [-0.1, -0.05) is 12.1 Å². The maximum atomic E-state index is 11.7. The van der Waals surface area contributed by atoms with Gasteiger partial charge in [0.1, 0.15) is 6.54 Å². The summed E-state index contributed by atoms with van der Waals surface area (Å²) in [5, 5.41) is 14.9. The molecule has 2 N–H and O–H groups in total. The number of nitrogens with zero attached hydrogens (tertiary/aromatic N) is 3. The first kappa shape index (κ1) is 13.9. The number of amides is 2. The molecule has 8 nitrogen and oxygen atoms in total. The first-order valence-electron chi connectivity index (χ1n) is 5.63. The van der Waals surface area contributed by atoms with E-state index in [-0.39, 0.29) is 6.54 Å². The monoisotopic (exact) mass is 256 g/mol. The van der Waals surface area contributed by atoms with Crippen LogP contribution < -0.4 is 5.32 Å². The molecule has 100 valence electrons. The Bertz CT molecular complexity index is 379. The lowest BCUT2D eigenvalue weighted by atomic mass is 10.4. The molecule has 0 radical (unpaired) electrons. The van der Waals surface area contributed by atoms with Gasteiger partial charge in [-0.2, -0.15) is 4.98 Å². The van der Waals surface area contributed by atoms with Crippen LogP contribution in [0.3, 0.4) is 0 Å². The smallest absolute Gasteiger partial charge is 0.323 e. The zero-order valence-electron chi connectivity index (χ0n) is 10.1. The van der Waals surface area contributed by atoms with Crippen molar-refractivity contribution in [1.29, 1.82) is 0 Å². The Morgan fingerprint density at radius 1 is 1.56 bits per heavy atom. The highest BCUT2D eigenvalue weighted by Gasteiger charge is 2.15. The number of aliphatic carboxylic acids is 1. The second kappa shape index (κ2) is 7.25. The lowest BCUT2D eigenvalue weighted by Crippen LogP contribution is -2.43. The van der Waals surface area contributed by atoms with E-state index in [1.165, 1.54) is 11.3 Å². The predicted octanol–water partition coefficient (Wildman–Crippen LogP) is 0.118. The molecule has 0 saturated carbocycles. The second-order valence-electron chi connectivity index (χ2n) is 3.64. The summed E-state index contributed by atoms with van der Waals surface area (Å²) in [7, 11) is 0. The Labute approximate surface area is 104 Å². The molecule has 0 spiro atoms. The Kier molecular flexibility index (Phi) is 5.62. The summed E-state index contributed by atoms with van der Waals surface area (Å²) in [6.07, 6.45) is 2.35. The number of carboxylic acid groups (broad SMARTS) is 1. The number of hydrogen-bond donors (Lipinski definition) is 2. The molecule has 1 heterocycles. The summed E-state index contributed by atoms with van der Waals surface area (Å²) in [4.78, 5) is 27.3. The van der Waals surface area contributed by atoms with Crippen LogP contribution in [0.2, 0.25) is 0 Å². The van der Waals surface area contributed by atoms with Crippen molar-refractivity contribution in [2.24, 2.45) is 0 Å². The van der Waals surface area contributed by atoms with E-state index < -0.39 is 12.0 Å². The normalized spacial score (nSPS) is 10.1. The molecule has 8 heteroatoms. The Balaban J connectivity index is 2.34. The number of carboxylic acids is 1. The van der Waals surface area contributed by atoms with Gasteiger partial charge in [-0.25, -0.2) is 4.79 Å². The van der Waals surface area contributed by atoms with Crippen LogP contribution in [0.25, 0.3) is 0 Å². The maximum Gasteiger partial charge on any atom is 0.323 e. The second-order valence-corrected chi connectivity index (χ2v) is 3.64. The highest BCUT2D eigenvalue weighted by atomic mass is 16.5. The molecular formula is C10H16N4O4. The summed E-state index contributed by atoms with van der Waals surface area (Å²) >= 11 is 0. The molecule has 0 aliphatic rings. The lowest BCUT2D eigenvalue weighted by molar-refractivity contribution is -0.137. The van der Waals surface area contributed by atoms with E-state index in [0.717, 1.165) is 0 Å². The number of carbonyl (C=O) groups excluding carboxylic acids is 1. The van der Waals surface area contributed by atoms with E-state index in [0.29, 0.717) is 31.8 Å². The summed E-state index contributed by atoms with van der Waals surface area (Å²) in [5.41, 5.74) is 0. The third-order valence-electron chi connectivity index (χ3n) is 2.14. The maximum absolute atomic E-state index is 11.7. The topological polar surface area (TPSA) is 109 Å². The van der Waals surface area contributed by atoms with Gasteiger partial charge in [-0.3, -0.25) is 4.79 Å². The van der Waals surface area contributed by atoms with Crippen LogP contribution in [0.5, 0.6) is 0 Å². The number of nitrogens with one attached hydrogen (secondary N) is 1. The van der Waals surface area contributed by atoms with E-state index >= 15 is 0 Å². The van der Waals surface area contributed by atoms with Gasteiger partial charge >= 0.3 is 12.0 Å². The first-order valence-corrected chi connectivity index (χ1v) is 5.63. The predicted molar refractivity (Wildman–Crippen MR) is 60.9 cm³/mol. The summed E-state index contributed by atoms with van der Waals surface area (Å²) in [5.74, 6) is -0.535. The van der Waals surface area contributed by atoms with E-state index in [2.05, 4.69) is 20.0 Å². The van der Waals surface area contributed by atoms with Crippen LogP contribution in [-0.2, 0) is 11.2 Å². The van der Waals surface area contributed by atoms with Crippen molar-refractivity contribution in [2.45, 2.75) is 19.8 Å². The van der Waals surface area contributed by atoms with Gasteiger partial charge in [0.15, 0.2) is 5.82 Å². The number of urea groups is 1. The fourth-order valence-electron chi connectivity index (χ4n) is 1.38. The van der Waals surface area contributed by atoms with Crippen molar-refractivity contribution in [1.82, 2.24) is 20.4 Å². The van der Waals surface area contributed by atoms with Crippen LogP contribution >= 0.6 is 0 Å². The van der Waals surface area contributed by atoms with Crippen LogP contribution in [0.4, 0.5) is 4.79 Å². The minimum absolute atomic E-state index is 0.304. The van der Waals surface area contributed by atoms with Crippen LogP contribution in [0.1, 0.15) is 19.2 Å². The Morgan fingerprint density at radius 3 is 2.89 bits per heavy atom. The van der Waals surface area contributed by atoms with Crippen molar-refractivity contribution in [3.63, 3.8) is 0 Å². The van der Waals surface area contributed by atoms with Gasteiger partial charge in [-0.05, 0) is 6.42 Å². The molecule has 1 rings (SSSR count). The highest BCUT2D eigenvalue weighted by Crippen LogP contribution is 1.94. The standard InChI is InChI=1S/C10H16N4O4/c1-2-5-14(6-9(15)16)10(17)11-4-3-8-12-7-18-13-8/h7H,2-6H2,1H3,(H,11,17)(H,15,16). The molecule has 1 aromatic heterocycles. The average molecular weight is 256 g/mol. The third kappa shape index (κ3) is 4.81. The third-order valence-corrected chi connectivity index (χ3v) is 2.14. The molecule has 0 aliphatic carbocycles. The number of aromatic nitrogens is 2. The largest absolute Gasteiger partial charge is 0.480 e. The van der Waals surface area contributed by atoms with Crippen molar-refractivity contribution in [3.05, 3.63) is 12.2 Å². The van der Waals surface area contributed by atoms with Crippen LogP contribution in [0, 0.1) is 0 Å². The van der Waals surface area contributed by atoms with E-state index in [1.54, 1.807) is 0 Å². The van der Waals surface area contributed by atoms with Crippen molar-refractivity contribution >= 4 is 12.0 Å². The van der Waals surface area contributed by atoms with E-state index in [9.17, 15) is 9.59 Å². The van der Waals surface area contributed by atoms with Crippen molar-refractivity contribution < 1.29 is 19.2 Å². The number of hydrogen-bond acceptors (Lipinski definition) is 5. The summed E-state index contributed by atoms with van der Waals surface area (Å²) in [6.45, 7) is 2.31. The molecule has 2 amide bonds. The molecule has 0 fully saturated rings. The Hall–Kier alpha value is -2.12. The summed E-state index contributed by atoms with van der Waals surface area (Å²) < 4.78 is 4.55. The van der Waals surface area contributed by atoms with Crippen molar-refractivity contribution in [3.8, 4) is 0 Å². The summed E-state index contributed by atoms with van der Waals surface area (Å²) in [6, 6.07) is -0.400. The number of carbonyl (C=O) groups is 2. The van der Waals surface area contributed by atoms with Crippen LogP contribution in [0.15, 0.2) is 10.9 Å². The molecule has 0 saturated heterocycles. The first-order chi connectivity index (χ1) is 8.63. The van der Waals surface area contributed by atoms with Crippen molar-refractivity contribution in [2.75, 3.05) is 19.6 Å². The molecule has 18 heavy (non-hydrogen) atoms. The molecule has 0 bridgehead atoms. The fraction of sp³-hybridized carbons (Fsp3) is 0.600. The van der Waals surface area contributed by atoms with E-state index in [1.807, 2.05) is 6.92 Å². The Morgan fingerprint density at radius 2 is 2.33 bits per heavy atom. The van der Waals surface area contributed by atoms with Gasteiger partial charge < -0.3 is 19.8 Å². The fourth-order valence-corrected chi connectivity index (χ4v) is 1.38. The molecule has 1 aromatic rings. The molecular weight excluding hydrogens is 240 g/mol. The van der Waals surface area contributed by atoms with Gasteiger partial charge in [0, 0.05) is 19.5 Å². The number of rotatable bonds is 7. The van der Waals surface area contributed by atoms with E-state index in [4.69, 9.17) is 5.11 Å². The van der Waals surface area contributed by atoms with Gasteiger partial charge in [0.25, 0.3) is 0 Å². The minimum Gasteiger partial charge on any atom is -0.480 e. The van der Waals surface area contributed by atoms with Gasteiger partial charge in [0.05, 0.1) is 0 Å². The molecule has 0 aromatic carbocycles. The van der Waals surface area contributed by atoms with Crippen LogP contribution in [-0.4, -0.2) is 51.8 Å². The highest BCUT2D eigenvalue weighted by molar-refractivity contribution is 5.80. The van der Waals surface area contributed by atoms with Gasteiger partial charge in [0.2, 0.25) is 6.39 Å². The molecule has 0 atom stereocenters. The van der Waals surface area contributed by atoms with Gasteiger partial charge in [-0.15, -0.1) is 0 Å².